The van der Waals surface area contributed by atoms with Gasteiger partial charge in [-0.1, -0.05) is 12.1 Å². The predicted molar refractivity (Wildman–Crippen MR) is 95.2 cm³/mol. The zero-order valence-corrected chi connectivity index (χ0v) is 14.3. The molecular formula is C17H15N3O2S2. The Kier molecular flexibility index (Phi) is 5.35. The molecule has 0 aliphatic carbocycles. The van der Waals surface area contributed by atoms with E-state index in [1.54, 1.807) is 28.7 Å². The lowest BCUT2D eigenvalue weighted by atomic mass is 10.2. The smallest absolute Gasteiger partial charge is 0.270 e. The maximum atomic E-state index is 12.2. The molecule has 0 bridgehead atoms. The molecule has 0 aliphatic heterocycles. The van der Waals surface area contributed by atoms with Gasteiger partial charge in [0.25, 0.3) is 11.8 Å². The third-order valence-corrected chi connectivity index (χ3v) is 5.01. The van der Waals surface area contributed by atoms with Crippen LogP contribution in [-0.4, -0.2) is 16.8 Å². The van der Waals surface area contributed by atoms with Gasteiger partial charge in [-0.3, -0.25) is 14.6 Å². The van der Waals surface area contributed by atoms with Crippen molar-refractivity contribution in [2.45, 2.75) is 13.1 Å². The van der Waals surface area contributed by atoms with Gasteiger partial charge in [-0.15, -0.1) is 22.7 Å². The van der Waals surface area contributed by atoms with Crippen LogP contribution in [0.1, 0.15) is 30.6 Å². The summed E-state index contributed by atoms with van der Waals surface area (Å²) < 4.78 is 0. The molecule has 2 N–H and O–H groups in total. The molecule has 2 amide bonds. The zero-order chi connectivity index (χ0) is 16.8. The molecule has 0 spiro atoms. The fraction of sp³-hybridized carbons (Fsp3) is 0.118. The largest absolute Gasteiger partial charge is 0.347 e. The van der Waals surface area contributed by atoms with E-state index in [0.717, 1.165) is 9.75 Å². The highest BCUT2D eigenvalue weighted by atomic mass is 32.1. The van der Waals surface area contributed by atoms with E-state index in [1.165, 1.54) is 12.3 Å². The minimum absolute atomic E-state index is 0.224. The fourth-order valence-corrected chi connectivity index (χ4v) is 3.34. The van der Waals surface area contributed by atoms with E-state index in [1.807, 2.05) is 35.0 Å². The number of thiophene rings is 2. The van der Waals surface area contributed by atoms with Crippen LogP contribution in [0.3, 0.4) is 0 Å². The van der Waals surface area contributed by atoms with E-state index in [9.17, 15) is 9.59 Å². The van der Waals surface area contributed by atoms with Gasteiger partial charge in [0.2, 0.25) is 0 Å². The van der Waals surface area contributed by atoms with Gasteiger partial charge >= 0.3 is 0 Å². The number of nitrogens with zero attached hydrogens (tertiary/aromatic N) is 1. The molecule has 122 valence electrons. The summed E-state index contributed by atoms with van der Waals surface area (Å²) in [6.07, 6.45) is 1.47. The van der Waals surface area contributed by atoms with E-state index < -0.39 is 0 Å². The lowest BCUT2D eigenvalue weighted by Gasteiger charge is -2.06. The lowest BCUT2D eigenvalue weighted by molar-refractivity contribution is 0.0946. The van der Waals surface area contributed by atoms with Crippen LogP contribution in [0.5, 0.6) is 0 Å². The molecule has 0 aliphatic rings. The Hall–Kier alpha value is -2.51. The SMILES string of the molecule is O=C(NCc1cccs1)c1ccnc(C(=O)NCc2cccs2)c1. The molecule has 7 heteroatoms. The van der Waals surface area contributed by atoms with Gasteiger partial charge in [-0.05, 0) is 35.0 Å². The Bertz CT molecular complexity index is 749. The van der Waals surface area contributed by atoms with Gasteiger partial charge in [-0.25, -0.2) is 0 Å². The quantitative estimate of drug-likeness (QED) is 0.712. The maximum Gasteiger partial charge on any atom is 0.270 e. The third kappa shape index (κ3) is 4.27. The summed E-state index contributed by atoms with van der Waals surface area (Å²) in [5, 5.41) is 9.56. The average molecular weight is 357 g/mol. The molecule has 3 aromatic rings. The molecule has 0 unspecified atom stereocenters. The topological polar surface area (TPSA) is 71.1 Å². The minimum Gasteiger partial charge on any atom is -0.347 e. The van der Waals surface area contributed by atoms with E-state index in [2.05, 4.69) is 15.6 Å². The minimum atomic E-state index is -0.295. The summed E-state index contributed by atoms with van der Waals surface area (Å²) in [6, 6.07) is 10.9. The number of carbonyl (C=O) groups excluding carboxylic acids is 2. The van der Waals surface area contributed by atoms with Crippen molar-refractivity contribution < 1.29 is 9.59 Å². The van der Waals surface area contributed by atoms with E-state index >= 15 is 0 Å². The van der Waals surface area contributed by atoms with Crippen molar-refractivity contribution in [2.75, 3.05) is 0 Å². The third-order valence-electron chi connectivity index (χ3n) is 3.26. The van der Waals surface area contributed by atoms with Crippen molar-refractivity contribution in [1.82, 2.24) is 15.6 Å². The zero-order valence-electron chi connectivity index (χ0n) is 12.7. The molecule has 0 saturated carbocycles. The van der Waals surface area contributed by atoms with Gasteiger partial charge < -0.3 is 10.6 Å². The second-order valence-corrected chi connectivity index (χ2v) is 7.02. The number of carbonyl (C=O) groups is 2. The summed E-state index contributed by atoms with van der Waals surface area (Å²) in [7, 11) is 0. The molecule has 0 fully saturated rings. The summed E-state index contributed by atoms with van der Waals surface area (Å²) in [6.45, 7) is 0.922. The van der Waals surface area contributed by atoms with Crippen LogP contribution in [0.2, 0.25) is 0 Å². The highest BCUT2D eigenvalue weighted by molar-refractivity contribution is 7.10. The van der Waals surface area contributed by atoms with Crippen molar-refractivity contribution in [2.24, 2.45) is 0 Å². The van der Waals surface area contributed by atoms with E-state index in [0.29, 0.717) is 18.7 Å². The molecule has 0 aromatic carbocycles. The van der Waals surface area contributed by atoms with Gasteiger partial charge in [-0.2, -0.15) is 0 Å². The molecule has 0 saturated heterocycles. The van der Waals surface area contributed by atoms with Crippen LogP contribution in [0.15, 0.2) is 53.4 Å². The molecule has 3 rings (SSSR count). The molecular weight excluding hydrogens is 342 g/mol. The van der Waals surface area contributed by atoms with Crippen molar-refractivity contribution in [1.29, 1.82) is 0 Å². The Morgan fingerprint density at radius 1 is 0.917 bits per heavy atom. The first kappa shape index (κ1) is 16.4. The normalized spacial score (nSPS) is 10.3. The van der Waals surface area contributed by atoms with Crippen molar-refractivity contribution in [3.05, 3.63) is 74.4 Å². The Labute approximate surface area is 147 Å². The number of pyridine rings is 1. The van der Waals surface area contributed by atoms with E-state index in [4.69, 9.17) is 0 Å². The van der Waals surface area contributed by atoms with Crippen LogP contribution in [0.25, 0.3) is 0 Å². The predicted octanol–water partition coefficient (Wildman–Crippen LogP) is 3.06. The van der Waals surface area contributed by atoms with Crippen LogP contribution in [0, 0.1) is 0 Å². The summed E-state index contributed by atoms with van der Waals surface area (Å²) in [5.41, 5.74) is 0.651. The summed E-state index contributed by atoms with van der Waals surface area (Å²) >= 11 is 3.16. The first-order valence-electron chi connectivity index (χ1n) is 7.29. The second kappa shape index (κ2) is 7.85. The van der Waals surface area contributed by atoms with Crippen molar-refractivity contribution >= 4 is 34.5 Å². The highest BCUT2D eigenvalue weighted by Gasteiger charge is 2.12. The number of rotatable bonds is 6. The summed E-state index contributed by atoms with van der Waals surface area (Å²) in [5.74, 6) is -0.519. The Morgan fingerprint density at radius 3 is 2.12 bits per heavy atom. The summed E-state index contributed by atoms with van der Waals surface area (Å²) in [4.78, 5) is 30.5. The second-order valence-electron chi connectivity index (χ2n) is 4.95. The first-order chi connectivity index (χ1) is 11.7. The van der Waals surface area contributed by atoms with Crippen molar-refractivity contribution in [3.8, 4) is 0 Å². The fourth-order valence-electron chi connectivity index (χ4n) is 2.05. The monoisotopic (exact) mass is 357 g/mol. The molecule has 5 nitrogen and oxygen atoms in total. The molecule has 0 atom stereocenters. The highest BCUT2D eigenvalue weighted by Crippen LogP contribution is 2.10. The molecule has 3 aromatic heterocycles. The lowest BCUT2D eigenvalue weighted by Crippen LogP contribution is -2.25. The van der Waals surface area contributed by atoms with Gasteiger partial charge in [0.05, 0.1) is 13.1 Å². The van der Waals surface area contributed by atoms with Crippen molar-refractivity contribution in [3.63, 3.8) is 0 Å². The molecule has 0 radical (unpaired) electrons. The van der Waals surface area contributed by atoms with Gasteiger partial charge in [0.1, 0.15) is 5.69 Å². The number of aromatic nitrogens is 1. The maximum absolute atomic E-state index is 12.2. The standard InChI is InChI=1S/C17H15N3O2S2/c21-16(19-10-13-3-1-7-23-13)12-5-6-18-15(9-12)17(22)20-11-14-4-2-8-24-14/h1-9H,10-11H2,(H,19,21)(H,20,22). The number of hydrogen-bond donors (Lipinski definition) is 2. The van der Waals surface area contributed by atoms with E-state index in [-0.39, 0.29) is 17.5 Å². The van der Waals surface area contributed by atoms with Gasteiger partial charge in [0, 0.05) is 21.5 Å². The Morgan fingerprint density at radius 2 is 1.54 bits per heavy atom. The van der Waals surface area contributed by atoms with Crippen LogP contribution in [0.4, 0.5) is 0 Å². The molecule has 24 heavy (non-hydrogen) atoms. The number of nitrogens with one attached hydrogen (secondary N) is 2. The number of hydrogen-bond acceptors (Lipinski definition) is 5. The van der Waals surface area contributed by atoms with Crippen LogP contribution < -0.4 is 10.6 Å². The van der Waals surface area contributed by atoms with Crippen LogP contribution >= 0.6 is 22.7 Å². The van der Waals surface area contributed by atoms with Gasteiger partial charge in [0.15, 0.2) is 0 Å². The number of amides is 2. The first-order valence-corrected chi connectivity index (χ1v) is 9.05. The average Bonchev–Trinajstić information content (AvgIpc) is 3.31. The van der Waals surface area contributed by atoms with Crippen LogP contribution in [-0.2, 0) is 13.1 Å². The Balaban J connectivity index is 1.60. The molecule has 3 heterocycles.